The van der Waals surface area contributed by atoms with E-state index in [1.807, 2.05) is 0 Å². The Bertz CT molecular complexity index is 1020. The summed E-state index contributed by atoms with van der Waals surface area (Å²) in [5, 5.41) is -0.0430. The van der Waals surface area contributed by atoms with Crippen LogP contribution in [0.3, 0.4) is 0 Å². The number of hydrogen-bond acceptors (Lipinski definition) is 4. The van der Waals surface area contributed by atoms with Crippen molar-refractivity contribution >= 4 is 23.5 Å². The molecule has 4 nitrogen and oxygen atoms in total. The minimum atomic E-state index is -0.925. The van der Waals surface area contributed by atoms with Gasteiger partial charge in [-0.1, -0.05) is 35.9 Å². The maximum Gasteiger partial charge on any atom is 0.346 e. The highest BCUT2D eigenvalue weighted by Crippen LogP contribution is 2.30. The highest BCUT2D eigenvalue weighted by Gasteiger charge is 2.17. The summed E-state index contributed by atoms with van der Waals surface area (Å²) in [6.07, 6.45) is 0. The van der Waals surface area contributed by atoms with Gasteiger partial charge in [-0.15, -0.1) is 0 Å². The van der Waals surface area contributed by atoms with Crippen molar-refractivity contribution < 1.29 is 27.8 Å². The molecule has 0 aliphatic rings. The monoisotopic (exact) mass is 388 g/mol. The van der Waals surface area contributed by atoms with Gasteiger partial charge in [0.15, 0.2) is 0 Å². The number of esters is 2. The first kappa shape index (κ1) is 18.5. The van der Waals surface area contributed by atoms with Crippen molar-refractivity contribution in [2.24, 2.45) is 0 Å². The van der Waals surface area contributed by atoms with E-state index in [0.29, 0.717) is 0 Å². The van der Waals surface area contributed by atoms with E-state index in [4.69, 9.17) is 21.1 Å². The molecule has 0 fully saturated rings. The van der Waals surface area contributed by atoms with Crippen molar-refractivity contribution in [3.8, 4) is 11.5 Å². The first-order valence-corrected chi connectivity index (χ1v) is 8.06. The van der Waals surface area contributed by atoms with Gasteiger partial charge in [0.25, 0.3) is 0 Å². The maximum absolute atomic E-state index is 13.6. The van der Waals surface area contributed by atoms with E-state index in [2.05, 4.69) is 0 Å². The highest BCUT2D eigenvalue weighted by molar-refractivity contribution is 6.32. The number of carbonyl (C=O) groups is 2. The molecule has 3 aromatic carbocycles. The molecule has 0 aliphatic heterocycles. The third kappa shape index (κ3) is 4.30. The lowest BCUT2D eigenvalue weighted by molar-refractivity contribution is 0.0714. The first-order valence-electron chi connectivity index (χ1n) is 7.68. The summed E-state index contributed by atoms with van der Waals surface area (Å²) < 4.78 is 37.4. The highest BCUT2D eigenvalue weighted by atomic mass is 35.5. The molecule has 7 heteroatoms. The van der Waals surface area contributed by atoms with Gasteiger partial charge in [0.05, 0.1) is 16.1 Å². The lowest BCUT2D eigenvalue weighted by atomic mass is 10.2. The van der Waals surface area contributed by atoms with Gasteiger partial charge >= 0.3 is 11.9 Å². The molecule has 0 radical (unpaired) electrons. The van der Waals surface area contributed by atoms with Crippen LogP contribution in [0.2, 0.25) is 5.02 Å². The SMILES string of the molecule is O=C(Oc1ccc(OC(=O)c2ccccc2F)c(Cl)c1)c1ccccc1F. The van der Waals surface area contributed by atoms with E-state index in [1.54, 1.807) is 0 Å². The zero-order valence-electron chi connectivity index (χ0n) is 13.6. The number of halogens is 3. The van der Waals surface area contributed by atoms with Crippen molar-refractivity contribution in [3.05, 3.63) is 94.5 Å². The third-order valence-electron chi connectivity index (χ3n) is 3.50. The Balaban J connectivity index is 1.74. The number of benzene rings is 3. The number of ether oxygens (including phenoxy) is 2. The zero-order chi connectivity index (χ0) is 19.4. The summed E-state index contributed by atoms with van der Waals surface area (Å²) in [5.41, 5.74) is -0.479. The van der Waals surface area contributed by atoms with Crippen LogP contribution >= 0.6 is 11.6 Å². The van der Waals surface area contributed by atoms with Crippen LogP contribution in [0.5, 0.6) is 11.5 Å². The Morgan fingerprint density at radius 1 is 0.741 bits per heavy atom. The molecule has 0 spiro atoms. The number of hydrogen-bond donors (Lipinski definition) is 0. The Hall–Kier alpha value is -3.25. The van der Waals surface area contributed by atoms with E-state index in [-0.39, 0.29) is 27.6 Å². The molecule has 0 heterocycles. The second-order valence-electron chi connectivity index (χ2n) is 5.33. The number of carbonyl (C=O) groups excluding carboxylic acids is 2. The van der Waals surface area contributed by atoms with E-state index >= 15 is 0 Å². The predicted molar refractivity (Wildman–Crippen MR) is 94.2 cm³/mol. The summed E-state index contributed by atoms with van der Waals surface area (Å²) in [5.74, 6) is -3.29. The molecule has 0 saturated carbocycles. The molecule has 0 amide bonds. The van der Waals surface area contributed by atoms with Gasteiger partial charge < -0.3 is 9.47 Å². The van der Waals surface area contributed by atoms with Crippen molar-refractivity contribution in [1.29, 1.82) is 0 Å². The summed E-state index contributed by atoms with van der Waals surface area (Å²) in [4.78, 5) is 24.0. The topological polar surface area (TPSA) is 52.6 Å². The van der Waals surface area contributed by atoms with Crippen LogP contribution in [-0.2, 0) is 0 Å². The summed E-state index contributed by atoms with van der Waals surface area (Å²) in [6, 6.07) is 14.5. The lowest BCUT2D eigenvalue weighted by Crippen LogP contribution is -2.12. The van der Waals surface area contributed by atoms with Gasteiger partial charge in [0.2, 0.25) is 0 Å². The van der Waals surface area contributed by atoms with E-state index in [9.17, 15) is 18.4 Å². The van der Waals surface area contributed by atoms with E-state index in [0.717, 1.165) is 12.1 Å². The lowest BCUT2D eigenvalue weighted by Gasteiger charge is -2.09. The van der Waals surface area contributed by atoms with Crippen LogP contribution in [0, 0.1) is 11.6 Å². The molecule has 3 rings (SSSR count). The molecule has 0 aliphatic carbocycles. The summed E-state index contributed by atoms with van der Waals surface area (Å²) in [7, 11) is 0. The molecule has 27 heavy (non-hydrogen) atoms. The Morgan fingerprint density at radius 3 is 1.78 bits per heavy atom. The fourth-order valence-electron chi connectivity index (χ4n) is 2.20. The smallest absolute Gasteiger partial charge is 0.346 e. The average molecular weight is 389 g/mol. The Morgan fingerprint density at radius 2 is 1.26 bits per heavy atom. The van der Waals surface area contributed by atoms with Gasteiger partial charge in [-0.05, 0) is 36.4 Å². The third-order valence-corrected chi connectivity index (χ3v) is 3.80. The van der Waals surface area contributed by atoms with Gasteiger partial charge in [-0.2, -0.15) is 0 Å². The largest absolute Gasteiger partial charge is 0.423 e. The van der Waals surface area contributed by atoms with Crippen LogP contribution in [0.1, 0.15) is 20.7 Å². The van der Waals surface area contributed by atoms with Crippen LogP contribution < -0.4 is 9.47 Å². The average Bonchev–Trinajstić information content (AvgIpc) is 2.64. The fraction of sp³-hybridized carbons (Fsp3) is 0. The van der Waals surface area contributed by atoms with Crippen LogP contribution in [0.25, 0.3) is 0 Å². The molecule has 0 unspecified atom stereocenters. The molecule has 0 N–H and O–H groups in total. The zero-order valence-corrected chi connectivity index (χ0v) is 14.4. The molecular formula is C20H11ClF2O4. The Labute approximate surface area is 157 Å². The molecule has 0 aromatic heterocycles. The first-order chi connectivity index (χ1) is 13.0. The Kier molecular flexibility index (Phi) is 5.47. The van der Waals surface area contributed by atoms with E-state index < -0.39 is 23.6 Å². The van der Waals surface area contributed by atoms with Gasteiger partial charge in [-0.25, -0.2) is 18.4 Å². The van der Waals surface area contributed by atoms with Crippen LogP contribution in [0.15, 0.2) is 66.7 Å². The van der Waals surface area contributed by atoms with Gasteiger partial charge in [0.1, 0.15) is 23.1 Å². The van der Waals surface area contributed by atoms with Crippen molar-refractivity contribution in [2.45, 2.75) is 0 Å². The summed E-state index contributed by atoms with van der Waals surface area (Å²) in [6.45, 7) is 0. The van der Waals surface area contributed by atoms with Crippen LogP contribution in [0.4, 0.5) is 8.78 Å². The van der Waals surface area contributed by atoms with Crippen molar-refractivity contribution in [3.63, 3.8) is 0 Å². The quantitative estimate of drug-likeness (QED) is 0.463. The van der Waals surface area contributed by atoms with Crippen molar-refractivity contribution in [2.75, 3.05) is 0 Å². The van der Waals surface area contributed by atoms with Gasteiger partial charge in [-0.3, -0.25) is 0 Å². The predicted octanol–water partition coefficient (Wildman–Crippen LogP) is 5.06. The minimum absolute atomic E-state index is 0.0268. The van der Waals surface area contributed by atoms with Crippen molar-refractivity contribution in [1.82, 2.24) is 0 Å². The minimum Gasteiger partial charge on any atom is -0.423 e. The van der Waals surface area contributed by atoms with Crippen LogP contribution in [-0.4, -0.2) is 11.9 Å². The molecular weight excluding hydrogens is 378 g/mol. The molecule has 0 atom stereocenters. The molecule has 136 valence electrons. The maximum atomic E-state index is 13.6. The normalized spacial score (nSPS) is 10.3. The standard InChI is InChI=1S/C20H11ClF2O4/c21-15-11-12(26-19(24)13-5-1-3-7-16(13)22)9-10-18(15)27-20(25)14-6-2-4-8-17(14)23/h1-11H. The fourth-order valence-corrected chi connectivity index (χ4v) is 2.41. The van der Waals surface area contributed by atoms with E-state index in [1.165, 1.54) is 54.6 Å². The summed E-state index contributed by atoms with van der Waals surface area (Å²) >= 11 is 6.03. The molecule has 0 saturated heterocycles. The molecule has 3 aromatic rings. The second kappa shape index (κ2) is 7.97. The van der Waals surface area contributed by atoms with Gasteiger partial charge in [0, 0.05) is 6.07 Å². The molecule has 0 bridgehead atoms. The number of rotatable bonds is 4. The second-order valence-corrected chi connectivity index (χ2v) is 5.74.